The molecule has 0 spiro atoms. The number of nitrogens with zero attached hydrogens (tertiary/aromatic N) is 2. The van der Waals surface area contributed by atoms with E-state index in [4.69, 9.17) is 14.0 Å². The van der Waals surface area contributed by atoms with E-state index in [0.29, 0.717) is 30.6 Å². The first-order valence-corrected chi connectivity index (χ1v) is 9.71. The topological polar surface area (TPSA) is 89.6 Å². The highest BCUT2D eigenvalue weighted by Crippen LogP contribution is 2.35. The molecule has 148 valence electrons. The zero-order valence-corrected chi connectivity index (χ0v) is 16.1. The van der Waals surface area contributed by atoms with Crippen molar-refractivity contribution in [2.45, 2.75) is 57.6 Å². The molecule has 2 aromatic rings. The van der Waals surface area contributed by atoms with Crippen LogP contribution in [0.25, 0.3) is 0 Å². The average Bonchev–Trinajstić information content (AvgIpc) is 3.14. The molecule has 1 fully saturated rings. The van der Waals surface area contributed by atoms with Crippen LogP contribution in [0.3, 0.4) is 0 Å². The molecule has 7 nitrogen and oxygen atoms in total. The molecular weight excluding hydrogens is 346 g/mol. The van der Waals surface area contributed by atoms with Crippen LogP contribution in [0, 0.1) is 6.92 Å². The number of aryl methyl sites for hydroxylation is 1. The predicted molar refractivity (Wildman–Crippen MR) is 101 cm³/mol. The SMILES string of the molecule is CCOc1ccc(OCC(O)CNC2(c3noc(C)n3)CCCCC2)cc1. The number of ether oxygens (including phenoxy) is 2. The van der Waals surface area contributed by atoms with Gasteiger partial charge in [-0.05, 0) is 44.0 Å². The summed E-state index contributed by atoms with van der Waals surface area (Å²) in [5, 5.41) is 18.0. The molecule has 1 aromatic heterocycles. The van der Waals surface area contributed by atoms with Gasteiger partial charge in [0.1, 0.15) is 24.2 Å². The van der Waals surface area contributed by atoms with Crippen molar-refractivity contribution >= 4 is 0 Å². The first-order chi connectivity index (χ1) is 13.1. The lowest BCUT2D eigenvalue weighted by Gasteiger charge is -2.36. The Balaban J connectivity index is 1.52. The molecule has 27 heavy (non-hydrogen) atoms. The summed E-state index contributed by atoms with van der Waals surface area (Å²) in [6.07, 6.45) is 4.68. The first-order valence-electron chi connectivity index (χ1n) is 9.71. The summed E-state index contributed by atoms with van der Waals surface area (Å²) in [6, 6.07) is 7.41. The van der Waals surface area contributed by atoms with Crippen LogP contribution in [0.5, 0.6) is 11.5 Å². The van der Waals surface area contributed by atoms with Crippen LogP contribution in [-0.2, 0) is 5.54 Å². The normalized spacial score (nSPS) is 17.4. The molecule has 1 aliphatic rings. The van der Waals surface area contributed by atoms with Gasteiger partial charge in [-0.25, -0.2) is 0 Å². The third kappa shape index (κ3) is 5.20. The molecule has 1 heterocycles. The van der Waals surface area contributed by atoms with E-state index in [9.17, 15) is 5.11 Å². The Morgan fingerprint density at radius 2 is 1.81 bits per heavy atom. The lowest BCUT2D eigenvalue weighted by Crippen LogP contribution is -2.48. The van der Waals surface area contributed by atoms with Crippen LogP contribution in [0.1, 0.15) is 50.7 Å². The van der Waals surface area contributed by atoms with Gasteiger partial charge in [0.05, 0.1) is 12.1 Å². The highest BCUT2D eigenvalue weighted by Gasteiger charge is 2.38. The fourth-order valence-corrected chi connectivity index (χ4v) is 3.49. The molecular formula is C20H29N3O4. The third-order valence-corrected chi connectivity index (χ3v) is 4.92. The minimum atomic E-state index is -0.636. The largest absolute Gasteiger partial charge is 0.494 e. The van der Waals surface area contributed by atoms with Crippen molar-refractivity contribution in [3.05, 3.63) is 36.0 Å². The minimum absolute atomic E-state index is 0.211. The number of benzene rings is 1. The van der Waals surface area contributed by atoms with Gasteiger partial charge in [0.15, 0.2) is 5.82 Å². The summed E-state index contributed by atoms with van der Waals surface area (Å²) in [5.41, 5.74) is -0.323. The summed E-state index contributed by atoms with van der Waals surface area (Å²) in [4.78, 5) is 4.44. The summed E-state index contributed by atoms with van der Waals surface area (Å²) >= 11 is 0. The molecule has 0 radical (unpaired) electrons. The predicted octanol–water partition coefficient (Wildman–Crippen LogP) is 2.97. The molecule has 2 N–H and O–H groups in total. The molecule has 0 amide bonds. The van der Waals surface area contributed by atoms with E-state index in [1.54, 1.807) is 6.92 Å². The van der Waals surface area contributed by atoms with Crippen molar-refractivity contribution in [3.63, 3.8) is 0 Å². The molecule has 3 rings (SSSR count). The number of hydrogen-bond donors (Lipinski definition) is 2. The van der Waals surface area contributed by atoms with Crippen LogP contribution in [0.2, 0.25) is 0 Å². The van der Waals surface area contributed by atoms with Crippen molar-refractivity contribution in [2.24, 2.45) is 0 Å². The fourth-order valence-electron chi connectivity index (χ4n) is 3.49. The van der Waals surface area contributed by atoms with Crippen molar-refractivity contribution in [1.82, 2.24) is 15.5 Å². The van der Waals surface area contributed by atoms with Gasteiger partial charge in [0, 0.05) is 13.5 Å². The number of rotatable bonds is 9. The van der Waals surface area contributed by atoms with Crippen LogP contribution in [0.15, 0.2) is 28.8 Å². The fraction of sp³-hybridized carbons (Fsp3) is 0.600. The lowest BCUT2D eigenvalue weighted by molar-refractivity contribution is 0.0879. The minimum Gasteiger partial charge on any atom is -0.494 e. The van der Waals surface area contributed by atoms with Gasteiger partial charge in [-0.15, -0.1) is 0 Å². The van der Waals surface area contributed by atoms with E-state index in [0.717, 1.165) is 31.4 Å². The van der Waals surface area contributed by atoms with Gasteiger partial charge in [-0.2, -0.15) is 4.98 Å². The summed E-state index contributed by atoms with van der Waals surface area (Å²) < 4.78 is 16.3. The van der Waals surface area contributed by atoms with Gasteiger partial charge in [0.2, 0.25) is 5.89 Å². The van der Waals surface area contributed by atoms with Crippen LogP contribution < -0.4 is 14.8 Å². The lowest BCUT2D eigenvalue weighted by atomic mass is 9.81. The molecule has 7 heteroatoms. The van der Waals surface area contributed by atoms with Gasteiger partial charge >= 0.3 is 0 Å². The van der Waals surface area contributed by atoms with Gasteiger partial charge in [-0.3, -0.25) is 0 Å². The molecule has 1 atom stereocenters. The van der Waals surface area contributed by atoms with Crippen molar-refractivity contribution in [3.8, 4) is 11.5 Å². The van der Waals surface area contributed by atoms with Crippen molar-refractivity contribution in [2.75, 3.05) is 19.8 Å². The van der Waals surface area contributed by atoms with E-state index < -0.39 is 6.10 Å². The highest BCUT2D eigenvalue weighted by atomic mass is 16.5. The maximum Gasteiger partial charge on any atom is 0.223 e. The zero-order chi connectivity index (χ0) is 19.1. The van der Waals surface area contributed by atoms with E-state index >= 15 is 0 Å². The molecule has 1 aliphatic carbocycles. The summed E-state index contributed by atoms with van der Waals surface area (Å²) in [6.45, 7) is 4.99. The number of nitrogens with one attached hydrogen (secondary N) is 1. The molecule has 1 aromatic carbocycles. The van der Waals surface area contributed by atoms with Crippen LogP contribution in [0.4, 0.5) is 0 Å². The second-order valence-corrected chi connectivity index (χ2v) is 7.03. The molecule has 1 unspecified atom stereocenters. The molecule has 0 saturated heterocycles. The number of hydrogen-bond acceptors (Lipinski definition) is 7. The second kappa shape index (κ2) is 9.19. The van der Waals surface area contributed by atoms with Crippen molar-refractivity contribution in [1.29, 1.82) is 0 Å². The maximum atomic E-state index is 10.4. The Kier molecular flexibility index (Phi) is 6.68. The monoisotopic (exact) mass is 375 g/mol. The molecule has 1 saturated carbocycles. The summed E-state index contributed by atoms with van der Waals surface area (Å²) in [7, 11) is 0. The van der Waals surface area contributed by atoms with E-state index in [2.05, 4.69) is 15.5 Å². The Bertz CT molecular complexity index is 696. The van der Waals surface area contributed by atoms with Crippen LogP contribution in [-0.4, -0.2) is 41.1 Å². The van der Waals surface area contributed by atoms with Crippen LogP contribution >= 0.6 is 0 Å². The van der Waals surface area contributed by atoms with Gasteiger partial charge < -0.3 is 24.4 Å². The Morgan fingerprint density at radius 1 is 1.15 bits per heavy atom. The van der Waals surface area contributed by atoms with E-state index in [1.807, 2.05) is 31.2 Å². The number of aliphatic hydroxyl groups is 1. The Morgan fingerprint density at radius 3 is 2.41 bits per heavy atom. The molecule has 0 aliphatic heterocycles. The Hall–Kier alpha value is -2.12. The zero-order valence-electron chi connectivity index (χ0n) is 16.1. The average molecular weight is 375 g/mol. The maximum absolute atomic E-state index is 10.4. The van der Waals surface area contributed by atoms with Crippen molar-refractivity contribution < 1.29 is 19.1 Å². The summed E-state index contributed by atoms with van der Waals surface area (Å²) in [5.74, 6) is 2.77. The van der Waals surface area contributed by atoms with Gasteiger partial charge in [-0.1, -0.05) is 24.4 Å². The first kappa shape index (κ1) is 19.6. The number of aliphatic hydroxyl groups excluding tert-OH is 1. The third-order valence-electron chi connectivity index (χ3n) is 4.92. The molecule has 0 bridgehead atoms. The van der Waals surface area contributed by atoms with E-state index in [-0.39, 0.29) is 12.1 Å². The number of aromatic nitrogens is 2. The van der Waals surface area contributed by atoms with Gasteiger partial charge in [0.25, 0.3) is 0 Å². The quantitative estimate of drug-likeness (QED) is 0.696. The highest BCUT2D eigenvalue weighted by molar-refractivity contribution is 5.31. The second-order valence-electron chi connectivity index (χ2n) is 7.03. The Labute approximate surface area is 160 Å². The standard InChI is InChI=1S/C20H29N3O4/c1-3-25-17-7-9-18(10-8-17)26-14-16(24)13-21-20(11-5-4-6-12-20)19-22-15(2)27-23-19/h7-10,16,21,24H,3-6,11-14H2,1-2H3. The van der Waals surface area contributed by atoms with E-state index in [1.165, 1.54) is 6.42 Å². The smallest absolute Gasteiger partial charge is 0.223 e.